The summed E-state index contributed by atoms with van der Waals surface area (Å²) in [5.74, 6) is 0.0224. The molecule has 0 aliphatic heterocycles. The fourth-order valence-electron chi connectivity index (χ4n) is 2.84. The fourth-order valence-corrected chi connectivity index (χ4v) is 3.54. The number of thiophene rings is 1. The number of pyridine rings is 1. The van der Waals surface area contributed by atoms with Gasteiger partial charge in [0.25, 0.3) is 5.91 Å². The molecule has 0 spiro atoms. The number of amides is 1. The zero-order valence-corrected chi connectivity index (χ0v) is 17.4. The lowest BCUT2D eigenvalue weighted by atomic mass is 10.1. The van der Waals surface area contributed by atoms with E-state index in [1.807, 2.05) is 41.8 Å². The number of hydrogen-bond acceptors (Lipinski definition) is 6. The quantitative estimate of drug-likeness (QED) is 0.537. The van der Waals surface area contributed by atoms with Crippen molar-refractivity contribution in [3.05, 3.63) is 75.7 Å². The topological polar surface area (TPSA) is 68.7 Å². The molecule has 2 aromatic heterocycles. The highest BCUT2D eigenvalue weighted by atomic mass is 32.1. The van der Waals surface area contributed by atoms with Crippen molar-refractivity contribution in [2.45, 2.75) is 20.4 Å². The van der Waals surface area contributed by atoms with E-state index in [1.165, 1.54) is 0 Å². The van der Waals surface area contributed by atoms with E-state index in [1.54, 1.807) is 49.3 Å². The van der Waals surface area contributed by atoms with E-state index < -0.39 is 5.97 Å². The zero-order valence-electron chi connectivity index (χ0n) is 16.5. The highest BCUT2D eigenvalue weighted by molar-refractivity contribution is 7.09. The van der Waals surface area contributed by atoms with Crippen molar-refractivity contribution in [1.29, 1.82) is 0 Å². The van der Waals surface area contributed by atoms with Crippen LogP contribution in [0.1, 0.15) is 38.3 Å². The van der Waals surface area contributed by atoms with Gasteiger partial charge in [0.15, 0.2) is 0 Å². The molecule has 0 radical (unpaired) electrons. The van der Waals surface area contributed by atoms with Gasteiger partial charge in [-0.3, -0.25) is 4.79 Å². The number of methoxy groups -OCH3 is 1. The van der Waals surface area contributed by atoms with Gasteiger partial charge in [-0.15, -0.1) is 11.3 Å². The van der Waals surface area contributed by atoms with Crippen LogP contribution in [-0.4, -0.2) is 30.6 Å². The summed E-state index contributed by atoms with van der Waals surface area (Å²) in [6, 6.07) is 14.4. The van der Waals surface area contributed by atoms with Crippen LogP contribution in [0.15, 0.2) is 53.9 Å². The van der Waals surface area contributed by atoms with E-state index >= 15 is 0 Å². The van der Waals surface area contributed by atoms with Crippen LogP contribution in [0.25, 0.3) is 0 Å². The minimum atomic E-state index is -0.443. The molecule has 3 aromatic rings. The molecular formula is C22H22N2O4S. The first kappa shape index (κ1) is 20.5. The minimum absolute atomic E-state index is 0.248. The summed E-state index contributed by atoms with van der Waals surface area (Å²) >= 11 is 1.58. The van der Waals surface area contributed by atoms with Gasteiger partial charge in [0.2, 0.25) is 0 Å². The third kappa shape index (κ3) is 4.81. The fraction of sp³-hybridized carbons (Fsp3) is 0.227. The first-order valence-electron chi connectivity index (χ1n) is 9.16. The molecule has 0 unspecified atom stereocenters. The highest BCUT2D eigenvalue weighted by Crippen LogP contribution is 2.24. The molecule has 3 rings (SSSR count). The Kier molecular flexibility index (Phi) is 6.61. The number of hydrogen-bond donors (Lipinski definition) is 0. The van der Waals surface area contributed by atoms with Gasteiger partial charge in [-0.05, 0) is 61.7 Å². The molecule has 7 heteroatoms. The van der Waals surface area contributed by atoms with Crippen LogP contribution >= 0.6 is 11.3 Å². The van der Waals surface area contributed by atoms with Crippen LogP contribution in [0.2, 0.25) is 0 Å². The van der Waals surface area contributed by atoms with Gasteiger partial charge < -0.3 is 14.4 Å². The number of nitrogens with zero attached hydrogens (tertiary/aromatic N) is 2. The van der Waals surface area contributed by atoms with E-state index in [2.05, 4.69) is 4.98 Å². The van der Waals surface area contributed by atoms with Crippen molar-refractivity contribution >= 4 is 28.9 Å². The van der Waals surface area contributed by atoms with Gasteiger partial charge in [0.05, 0.1) is 31.5 Å². The van der Waals surface area contributed by atoms with Crippen LogP contribution in [0.3, 0.4) is 0 Å². The Hall–Kier alpha value is -3.19. The van der Waals surface area contributed by atoms with Crippen molar-refractivity contribution < 1.29 is 19.1 Å². The molecule has 0 saturated carbocycles. The normalized spacial score (nSPS) is 10.4. The Morgan fingerprint density at radius 3 is 2.45 bits per heavy atom. The molecule has 2 heterocycles. The molecule has 150 valence electrons. The monoisotopic (exact) mass is 410 g/mol. The number of aromatic nitrogens is 1. The Morgan fingerprint density at radius 1 is 1.10 bits per heavy atom. The summed E-state index contributed by atoms with van der Waals surface area (Å²) in [6.07, 6.45) is 0. The highest BCUT2D eigenvalue weighted by Gasteiger charge is 2.22. The largest absolute Gasteiger partial charge is 0.497 e. The van der Waals surface area contributed by atoms with Crippen molar-refractivity contribution in [2.24, 2.45) is 0 Å². The standard InChI is InChI=1S/C22H22N2O4S/c1-4-28-22(26)19-11-12-20(23-15(19)2)21(25)24(14-18-6-5-13-29-18)16-7-9-17(27-3)10-8-16/h5-13H,4,14H2,1-3H3. The Morgan fingerprint density at radius 2 is 1.86 bits per heavy atom. The third-order valence-electron chi connectivity index (χ3n) is 4.32. The number of carbonyl (C=O) groups is 2. The summed E-state index contributed by atoms with van der Waals surface area (Å²) in [4.78, 5) is 32.4. The maximum absolute atomic E-state index is 13.3. The number of esters is 1. The van der Waals surface area contributed by atoms with Crippen molar-refractivity contribution in [3.8, 4) is 5.75 Å². The minimum Gasteiger partial charge on any atom is -0.497 e. The average molecular weight is 410 g/mol. The zero-order chi connectivity index (χ0) is 20.8. The molecular weight excluding hydrogens is 388 g/mol. The van der Waals surface area contributed by atoms with E-state index in [0.29, 0.717) is 23.6 Å². The second-order valence-corrected chi connectivity index (χ2v) is 7.25. The van der Waals surface area contributed by atoms with Crippen molar-refractivity contribution in [3.63, 3.8) is 0 Å². The lowest BCUT2D eigenvalue weighted by molar-refractivity contribution is 0.0524. The number of carbonyl (C=O) groups excluding carboxylic acids is 2. The predicted molar refractivity (Wildman–Crippen MR) is 113 cm³/mol. The second kappa shape index (κ2) is 9.34. The van der Waals surface area contributed by atoms with E-state index in [4.69, 9.17) is 9.47 Å². The molecule has 29 heavy (non-hydrogen) atoms. The maximum Gasteiger partial charge on any atom is 0.339 e. The SMILES string of the molecule is CCOC(=O)c1ccc(C(=O)N(Cc2cccs2)c2ccc(OC)cc2)nc1C. The number of benzene rings is 1. The average Bonchev–Trinajstić information content (AvgIpc) is 3.25. The van der Waals surface area contributed by atoms with Gasteiger partial charge >= 0.3 is 5.97 Å². The van der Waals surface area contributed by atoms with Gasteiger partial charge in [-0.2, -0.15) is 0 Å². The Balaban J connectivity index is 1.93. The summed E-state index contributed by atoms with van der Waals surface area (Å²) in [7, 11) is 1.60. The predicted octanol–water partition coefficient (Wildman–Crippen LogP) is 4.48. The summed E-state index contributed by atoms with van der Waals surface area (Å²) < 4.78 is 10.2. The van der Waals surface area contributed by atoms with Crippen LogP contribution in [-0.2, 0) is 11.3 Å². The molecule has 1 aromatic carbocycles. The van der Waals surface area contributed by atoms with E-state index in [9.17, 15) is 9.59 Å². The summed E-state index contributed by atoms with van der Waals surface area (Å²) in [6.45, 7) is 4.14. The molecule has 0 bridgehead atoms. The number of rotatable bonds is 7. The molecule has 1 amide bonds. The van der Waals surface area contributed by atoms with Gasteiger partial charge in [0.1, 0.15) is 11.4 Å². The molecule has 0 saturated heterocycles. The Bertz CT molecular complexity index is 985. The molecule has 0 aliphatic carbocycles. The van der Waals surface area contributed by atoms with Crippen LogP contribution in [0, 0.1) is 6.92 Å². The summed E-state index contributed by atoms with van der Waals surface area (Å²) in [5.41, 5.74) is 1.82. The van der Waals surface area contributed by atoms with Crippen LogP contribution in [0.4, 0.5) is 5.69 Å². The summed E-state index contributed by atoms with van der Waals surface area (Å²) in [5, 5.41) is 1.97. The van der Waals surface area contributed by atoms with Gasteiger partial charge in [-0.1, -0.05) is 6.07 Å². The lowest BCUT2D eigenvalue weighted by Crippen LogP contribution is -2.31. The molecule has 6 nitrogen and oxygen atoms in total. The first-order chi connectivity index (χ1) is 14.0. The van der Waals surface area contributed by atoms with Gasteiger partial charge in [-0.25, -0.2) is 9.78 Å². The van der Waals surface area contributed by atoms with Crippen molar-refractivity contribution in [1.82, 2.24) is 4.98 Å². The molecule has 0 atom stereocenters. The van der Waals surface area contributed by atoms with Crippen LogP contribution in [0.5, 0.6) is 5.75 Å². The number of anilines is 1. The van der Waals surface area contributed by atoms with E-state index in [0.717, 1.165) is 10.6 Å². The molecule has 0 fully saturated rings. The maximum atomic E-state index is 13.3. The number of ether oxygens (including phenoxy) is 2. The van der Waals surface area contributed by atoms with Gasteiger partial charge in [0, 0.05) is 10.6 Å². The number of aryl methyl sites for hydroxylation is 1. The first-order valence-corrected chi connectivity index (χ1v) is 10.0. The van der Waals surface area contributed by atoms with Crippen molar-refractivity contribution in [2.75, 3.05) is 18.6 Å². The second-order valence-electron chi connectivity index (χ2n) is 6.22. The van der Waals surface area contributed by atoms with Crippen LogP contribution < -0.4 is 9.64 Å². The third-order valence-corrected chi connectivity index (χ3v) is 5.18. The smallest absolute Gasteiger partial charge is 0.339 e. The molecule has 0 N–H and O–H groups in total. The van der Waals surface area contributed by atoms with E-state index in [-0.39, 0.29) is 18.2 Å². The Labute approximate surface area is 173 Å². The molecule has 0 aliphatic rings. The lowest BCUT2D eigenvalue weighted by Gasteiger charge is -2.22.